The monoisotopic (exact) mass is 444 g/mol. The van der Waals surface area contributed by atoms with Crippen LogP contribution in [-0.2, 0) is 0 Å². The number of pyridine rings is 2. The molecule has 0 spiro atoms. The third-order valence-electron chi connectivity index (χ3n) is 6.24. The third kappa shape index (κ3) is 4.52. The van der Waals surface area contributed by atoms with Crippen molar-refractivity contribution in [3.05, 3.63) is 59.9 Å². The van der Waals surface area contributed by atoms with Crippen molar-refractivity contribution in [1.29, 1.82) is 0 Å². The summed E-state index contributed by atoms with van der Waals surface area (Å²) in [6.45, 7) is 8.12. The van der Waals surface area contributed by atoms with E-state index in [0.717, 1.165) is 40.9 Å². The van der Waals surface area contributed by atoms with Gasteiger partial charge in [-0.05, 0) is 62.8 Å². The molecule has 5 rings (SSSR count). The predicted molar refractivity (Wildman–Crippen MR) is 127 cm³/mol. The molecule has 8 heteroatoms. The maximum absolute atomic E-state index is 10.5. The zero-order valence-corrected chi connectivity index (χ0v) is 19.3. The summed E-state index contributed by atoms with van der Waals surface area (Å²) in [6, 6.07) is 9.94. The molecule has 0 aromatic carbocycles. The SMILES string of the molecule is Cc1cc(-c2ccn3nc(Nc4cc(C)nc(C)n4)cc3c2)c(OCC(O)C2(C)CC2)cn1. The van der Waals surface area contributed by atoms with Crippen molar-refractivity contribution >= 4 is 17.2 Å². The summed E-state index contributed by atoms with van der Waals surface area (Å²) in [6.07, 6.45) is 5.26. The van der Waals surface area contributed by atoms with Crippen molar-refractivity contribution in [3.63, 3.8) is 0 Å². The van der Waals surface area contributed by atoms with Gasteiger partial charge in [0.05, 0.1) is 17.8 Å². The molecule has 0 bridgehead atoms. The van der Waals surface area contributed by atoms with Gasteiger partial charge in [-0.1, -0.05) is 6.92 Å². The van der Waals surface area contributed by atoms with E-state index in [1.165, 1.54) is 0 Å². The van der Waals surface area contributed by atoms with Crippen molar-refractivity contribution in [2.45, 2.75) is 46.6 Å². The minimum atomic E-state index is -0.480. The smallest absolute Gasteiger partial charge is 0.154 e. The summed E-state index contributed by atoms with van der Waals surface area (Å²) in [5, 5.41) is 18.3. The van der Waals surface area contributed by atoms with Crippen LogP contribution in [0, 0.1) is 26.2 Å². The number of anilines is 2. The molecule has 4 aromatic rings. The quantitative estimate of drug-likeness (QED) is 0.436. The van der Waals surface area contributed by atoms with Crippen molar-refractivity contribution in [2.24, 2.45) is 5.41 Å². The molecule has 1 saturated carbocycles. The van der Waals surface area contributed by atoms with Crippen LogP contribution in [0.5, 0.6) is 5.75 Å². The van der Waals surface area contributed by atoms with Gasteiger partial charge in [-0.15, -0.1) is 0 Å². The highest BCUT2D eigenvalue weighted by Gasteiger charge is 2.44. The molecule has 0 saturated heterocycles. The number of nitrogens with zero attached hydrogens (tertiary/aromatic N) is 5. The molecule has 33 heavy (non-hydrogen) atoms. The lowest BCUT2D eigenvalue weighted by Gasteiger charge is -2.19. The van der Waals surface area contributed by atoms with Gasteiger partial charge < -0.3 is 15.2 Å². The average Bonchev–Trinajstić information content (AvgIpc) is 3.39. The van der Waals surface area contributed by atoms with Crippen LogP contribution in [0.1, 0.15) is 37.0 Å². The first-order valence-corrected chi connectivity index (χ1v) is 11.2. The van der Waals surface area contributed by atoms with E-state index in [0.29, 0.717) is 23.2 Å². The molecule has 1 aliphatic carbocycles. The highest BCUT2D eigenvalue weighted by molar-refractivity contribution is 5.75. The van der Waals surface area contributed by atoms with Crippen LogP contribution in [0.4, 0.5) is 11.6 Å². The molecular formula is C25H28N6O2. The number of aromatic nitrogens is 5. The van der Waals surface area contributed by atoms with E-state index in [2.05, 4.69) is 38.4 Å². The molecule has 170 valence electrons. The summed E-state index contributed by atoms with van der Waals surface area (Å²) in [7, 11) is 0. The normalized spacial score (nSPS) is 15.4. The molecule has 1 fully saturated rings. The fraction of sp³-hybridized carbons (Fsp3) is 0.360. The Bertz CT molecular complexity index is 1310. The Labute approximate surface area is 192 Å². The first kappa shape index (κ1) is 21.3. The number of hydrogen-bond donors (Lipinski definition) is 2. The summed E-state index contributed by atoms with van der Waals surface area (Å²) in [5.41, 5.74) is 4.66. The molecule has 0 amide bonds. The van der Waals surface area contributed by atoms with Crippen LogP contribution >= 0.6 is 0 Å². The van der Waals surface area contributed by atoms with Gasteiger partial charge >= 0.3 is 0 Å². The molecule has 0 radical (unpaired) electrons. The fourth-order valence-corrected chi connectivity index (χ4v) is 3.92. The fourth-order valence-electron chi connectivity index (χ4n) is 3.92. The van der Waals surface area contributed by atoms with E-state index in [-0.39, 0.29) is 12.0 Å². The number of fused-ring (bicyclic) bond motifs is 1. The van der Waals surface area contributed by atoms with E-state index in [9.17, 15) is 5.11 Å². The third-order valence-corrected chi connectivity index (χ3v) is 6.24. The number of hydrogen-bond acceptors (Lipinski definition) is 7. The Morgan fingerprint density at radius 1 is 1.09 bits per heavy atom. The summed E-state index contributed by atoms with van der Waals surface area (Å²) < 4.78 is 7.85. The van der Waals surface area contributed by atoms with Gasteiger partial charge in [0.25, 0.3) is 0 Å². The summed E-state index contributed by atoms with van der Waals surface area (Å²) in [5.74, 6) is 2.79. The first-order valence-electron chi connectivity index (χ1n) is 11.2. The zero-order chi connectivity index (χ0) is 23.2. The largest absolute Gasteiger partial charge is 0.489 e. The van der Waals surface area contributed by atoms with Gasteiger partial charge in [0.1, 0.15) is 24.0 Å². The number of aliphatic hydroxyl groups is 1. The van der Waals surface area contributed by atoms with Gasteiger partial charge in [0.15, 0.2) is 5.82 Å². The van der Waals surface area contributed by atoms with E-state index in [1.54, 1.807) is 6.20 Å². The van der Waals surface area contributed by atoms with Gasteiger partial charge in [-0.25, -0.2) is 14.5 Å². The van der Waals surface area contributed by atoms with Crippen LogP contribution in [0.2, 0.25) is 0 Å². The molecule has 4 aromatic heterocycles. The van der Waals surface area contributed by atoms with Crippen LogP contribution in [0.3, 0.4) is 0 Å². The Hall–Kier alpha value is -3.52. The number of rotatable bonds is 7. The average molecular weight is 445 g/mol. The van der Waals surface area contributed by atoms with E-state index in [1.807, 2.05) is 55.7 Å². The number of aryl methyl sites for hydroxylation is 3. The lowest BCUT2D eigenvalue weighted by molar-refractivity contribution is 0.0527. The summed E-state index contributed by atoms with van der Waals surface area (Å²) >= 11 is 0. The molecule has 1 unspecified atom stereocenters. The van der Waals surface area contributed by atoms with Crippen molar-refractivity contribution in [2.75, 3.05) is 11.9 Å². The lowest BCUT2D eigenvalue weighted by Crippen LogP contribution is -2.26. The van der Waals surface area contributed by atoms with Crippen molar-refractivity contribution < 1.29 is 9.84 Å². The second kappa shape index (κ2) is 8.12. The van der Waals surface area contributed by atoms with Gasteiger partial charge in [0.2, 0.25) is 0 Å². The number of aliphatic hydroxyl groups excluding tert-OH is 1. The predicted octanol–water partition coefficient (Wildman–Crippen LogP) is 4.39. The lowest BCUT2D eigenvalue weighted by atomic mass is 10.0. The molecule has 1 aliphatic rings. The van der Waals surface area contributed by atoms with E-state index >= 15 is 0 Å². The van der Waals surface area contributed by atoms with Gasteiger partial charge in [-0.2, -0.15) is 5.10 Å². The number of ether oxygens (including phenoxy) is 1. The van der Waals surface area contributed by atoms with E-state index in [4.69, 9.17) is 4.74 Å². The second-order valence-corrected chi connectivity index (χ2v) is 9.18. The maximum Gasteiger partial charge on any atom is 0.154 e. The van der Waals surface area contributed by atoms with Crippen molar-refractivity contribution in [1.82, 2.24) is 24.6 Å². The molecular weight excluding hydrogens is 416 g/mol. The van der Waals surface area contributed by atoms with Crippen LogP contribution in [0.15, 0.2) is 42.7 Å². The van der Waals surface area contributed by atoms with Crippen LogP contribution < -0.4 is 10.1 Å². The number of nitrogens with one attached hydrogen (secondary N) is 1. The standard InChI is InChI=1S/C25H28N6O2/c1-15-9-20(21(13-26-15)33-14-22(32)25(4)6-7-25)18-5-8-31-19(11-18)12-24(30-31)29-23-10-16(2)27-17(3)28-23/h5,8-13,22,32H,6-7,14H2,1-4H3,(H,27,28,29,30). The Morgan fingerprint density at radius 2 is 1.91 bits per heavy atom. The zero-order valence-electron chi connectivity index (χ0n) is 19.3. The first-order chi connectivity index (χ1) is 15.8. The Balaban J connectivity index is 1.42. The molecule has 1 atom stereocenters. The Kier molecular flexibility index (Phi) is 5.25. The molecule has 0 aliphatic heterocycles. The Morgan fingerprint density at radius 3 is 2.67 bits per heavy atom. The molecule has 2 N–H and O–H groups in total. The van der Waals surface area contributed by atoms with Crippen molar-refractivity contribution in [3.8, 4) is 16.9 Å². The minimum absolute atomic E-state index is 0.0149. The minimum Gasteiger partial charge on any atom is -0.489 e. The molecule has 4 heterocycles. The van der Waals surface area contributed by atoms with Crippen LogP contribution in [0.25, 0.3) is 16.6 Å². The summed E-state index contributed by atoms with van der Waals surface area (Å²) in [4.78, 5) is 13.1. The van der Waals surface area contributed by atoms with Crippen LogP contribution in [-0.4, -0.2) is 42.4 Å². The molecule has 8 nitrogen and oxygen atoms in total. The highest BCUT2D eigenvalue weighted by atomic mass is 16.5. The topological polar surface area (TPSA) is 97.5 Å². The van der Waals surface area contributed by atoms with Gasteiger partial charge in [0, 0.05) is 35.3 Å². The second-order valence-electron chi connectivity index (χ2n) is 9.18. The van der Waals surface area contributed by atoms with E-state index < -0.39 is 6.10 Å². The van der Waals surface area contributed by atoms with Gasteiger partial charge in [-0.3, -0.25) is 4.98 Å². The highest BCUT2D eigenvalue weighted by Crippen LogP contribution is 2.48. The maximum atomic E-state index is 10.5.